The van der Waals surface area contributed by atoms with Crippen LogP contribution in [0.3, 0.4) is 0 Å². The van der Waals surface area contributed by atoms with Gasteiger partial charge in [-0.15, -0.1) is 5.53 Å². The summed E-state index contributed by atoms with van der Waals surface area (Å²) in [4.78, 5) is 8.37. The average Bonchev–Trinajstić information content (AvgIpc) is 3.59. The Morgan fingerprint density at radius 2 is 1.93 bits per heavy atom. The first-order valence-electron chi connectivity index (χ1n) is 13.2. The number of hydrazine groups is 2. The number of nitrogens with one attached hydrogen (secondary N) is 4. The molecule has 0 radical (unpaired) electrons. The Labute approximate surface area is 236 Å². The summed E-state index contributed by atoms with van der Waals surface area (Å²) in [6, 6.07) is 9.73. The summed E-state index contributed by atoms with van der Waals surface area (Å²) in [7, 11) is 0. The monoisotopic (exact) mass is 561 g/mol. The van der Waals surface area contributed by atoms with E-state index in [1.165, 1.54) is 12.3 Å². The predicted molar refractivity (Wildman–Crippen MR) is 149 cm³/mol. The molecule has 41 heavy (non-hydrogen) atoms. The number of rotatable bonds is 8. The first kappa shape index (κ1) is 28.0. The molecule has 5 rings (SSSR count). The number of halogens is 3. The second-order valence-electron chi connectivity index (χ2n) is 11.5. The minimum Gasteiger partial charge on any atom is -0.383 e. The fraction of sp³-hybridized carbons (Fsp3) is 0.379. The SMILES string of the molecule is Cc1nc(F)ccc1[C@H](Nc1cc(C#N)c2ncc(C#N)c(NCC(C)(C)C)c2c1)C1=CN([C@@H]2CC2C(F)F)NN1. The van der Waals surface area contributed by atoms with Crippen molar-refractivity contribution >= 4 is 22.3 Å². The molecular weight excluding hydrogens is 531 g/mol. The molecule has 12 heteroatoms. The van der Waals surface area contributed by atoms with E-state index < -0.39 is 24.3 Å². The molecular formula is C29H30F3N9. The molecule has 0 amide bonds. The number of nitriles is 2. The number of alkyl halides is 2. The Bertz CT molecular complexity index is 1600. The van der Waals surface area contributed by atoms with Crippen LogP contribution in [0.1, 0.15) is 55.6 Å². The number of benzene rings is 1. The average molecular weight is 562 g/mol. The number of hydrogen-bond donors (Lipinski definition) is 4. The van der Waals surface area contributed by atoms with Crippen molar-refractivity contribution in [3.05, 3.63) is 70.7 Å². The molecule has 9 nitrogen and oxygen atoms in total. The topological polar surface area (TPSA) is 125 Å². The number of fused-ring (bicyclic) bond motifs is 1. The van der Waals surface area contributed by atoms with Crippen molar-refractivity contribution in [2.24, 2.45) is 11.3 Å². The first-order chi connectivity index (χ1) is 19.5. The molecule has 0 bridgehead atoms. The molecule has 1 aromatic carbocycles. The summed E-state index contributed by atoms with van der Waals surface area (Å²) >= 11 is 0. The molecule has 1 aliphatic carbocycles. The highest BCUT2D eigenvalue weighted by molar-refractivity contribution is 5.99. The van der Waals surface area contributed by atoms with E-state index in [4.69, 9.17) is 0 Å². The van der Waals surface area contributed by atoms with Crippen LogP contribution in [0, 0.1) is 46.9 Å². The molecule has 1 saturated carbocycles. The van der Waals surface area contributed by atoms with Crippen molar-refractivity contribution in [3.63, 3.8) is 0 Å². The van der Waals surface area contributed by atoms with E-state index in [1.54, 1.807) is 30.3 Å². The third-order valence-corrected chi connectivity index (χ3v) is 7.13. The Balaban J connectivity index is 1.58. The van der Waals surface area contributed by atoms with Crippen LogP contribution in [-0.4, -0.2) is 34.0 Å². The summed E-state index contributed by atoms with van der Waals surface area (Å²) in [6.07, 6.45) is 1.12. The van der Waals surface area contributed by atoms with Crippen LogP contribution >= 0.6 is 0 Å². The van der Waals surface area contributed by atoms with E-state index in [1.807, 2.05) is 6.07 Å². The molecule has 1 fully saturated rings. The minimum absolute atomic E-state index is 0.0845. The minimum atomic E-state index is -2.41. The summed E-state index contributed by atoms with van der Waals surface area (Å²) in [5, 5.41) is 28.8. The van der Waals surface area contributed by atoms with E-state index >= 15 is 0 Å². The number of nitrogens with zero attached hydrogens (tertiary/aromatic N) is 5. The predicted octanol–water partition coefficient (Wildman–Crippen LogP) is 5.25. The quantitative estimate of drug-likeness (QED) is 0.273. The van der Waals surface area contributed by atoms with Gasteiger partial charge in [-0.05, 0) is 37.0 Å². The summed E-state index contributed by atoms with van der Waals surface area (Å²) in [5.41, 5.74) is 9.78. The van der Waals surface area contributed by atoms with Gasteiger partial charge in [0.05, 0.1) is 40.1 Å². The van der Waals surface area contributed by atoms with Gasteiger partial charge in [-0.2, -0.15) is 14.9 Å². The van der Waals surface area contributed by atoms with Crippen LogP contribution in [0.4, 0.5) is 24.5 Å². The van der Waals surface area contributed by atoms with Gasteiger partial charge < -0.3 is 16.1 Å². The lowest BCUT2D eigenvalue weighted by molar-refractivity contribution is 0.104. The van der Waals surface area contributed by atoms with E-state index in [0.29, 0.717) is 63.3 Å². The van der Waals surface area contributed by atoms with Crippen LogP contribution in [0.15, 0.2) is 42.4 Å². The van der Waals surface area contributed by atoms with E-state index in [-0.39, 0.29) is 11.5 Å². The van der Waals surface area contributed by atoms with Gasteiger partial charge in [-0.3, -0.25) is 9.99 Å². The lowest BCUT2D eigenvalue weighted by Crippen LogP contribution is -2.39. The fourth-order valence-electron chi connectivity index (χ4n) is 4.90. The molecule has 1 aliphatic heterocycles. The maximum absolute atomic E-state index is 13.9. The van der Waals surface area contributed by atoms with Gasteiger partial charge in [-0.1, -0.05) is 26.8 Å². The Hall–Kier alpha value is -4.55. The number of aromatic nitrogens is 2. The number of anilines is 2. The summed E-state index contributed by atoms with van der Waals surface area (Å²) in [5.74, 6) is -1.35. The highest BCUT2D eigenvalue weighted by Gasteiger charge is 2.48. The van der Waals surface area contributed by atoms with Crippen LogP contribution < -0.4 is 21.6 Å². The Morgan fingerprint density at radius 3 is 2.56 bits per heavy atom. The zero-order valence-corrected chi connectivity index (χ0v) is 23.1. The number of pyridine rings is 2. The molecule has 0 spiro atoms. The van der Waals surface area contributed by atoms with Gasteiger partial charge in [0.1, 0.15) is 12.1 Å². The number of aryl methyl sites for hydroxylation is 1. The summed E-state index contributed by atoms with van der Waals surface area (Å²) in [6.45, 7) is 8.45. The molecule has 3 aromatic rings. The highest BCUT2D eigenvalue weighted by atomic mass is 19.3. The van der Waals surface area contributed by atoms with Crippen molar-refractivity contribution in [2.45, 2.75) is 52.6 Å². The van der Waals surface area contributed by atoms with Crippen LogP contribution in [0.2, 0.25) is 0 Å². The molecule has 2 aliphatic rings. The molecule has 1 unspecified atom stereocenters. The maximum Gasteiger partial charge on any atom is 0.243 e. The van der Waals surface area contributed by atoms with Crippen molar-refractivity contribution in [1.29, 1.82) is 10.5 Å². The lowest BCUT2D eigenvalue weighted by atomic mass is 9.96. The zero-order valence-electron chi connectivity index (χ0n) is 23.1. The van der Waals surface area contributed by atoms with Gasteiger partial charge in [0.15, 0.2) is 0 Å². The summed E-state index contributed by atoms with van der Waals surface area (Å²) < 4.78 is 40.4. The molecule has 0 saturated heterocycles. The van der Waals surface area contributed by atoms with E-state index in [9.17, 15) is 23.7 Å². The molecule has 3 atom stereocenters. The second-order valence-corrected chi connectivity index (χ2v) is 11.5. The fourth-order valence-corrected chi connectivity index (χ4v) is 4.90. The van der Waals surface area contributed by atoms with Crippen LogP contribution in [0.25, 0.3) is 10.9 Å². The molecule has 4 N–H and O–H groups in total. The van der Waals surface area contributed by atoms with Crippen molar-refractivity contribution in [3.8, 4) is 12.1 Å². The van der Waals surface area contributed by atoms with Crippen molar-refractivity contribution in [2.75, 3.05) is 17.2 Å². The zero-order chi connectivity index (χ0) is 29.5. The maximum atomic E-state index is 13.9. The number of hydrogen-bond acceptors (Lipinski definition) is 9. The second kappa shape index (κ2) is 10.8. The lowest BCUT2D eigenvalue weighted by Gasteiger charge is -2.24. The largest absolute Gasteiger partial charge is 0.383 e. The van der Waals surface area contributed by atoms with E-state index in [0.717, 1.165) is 0 Å². The Morgan fingerprint density at radius 1 is 1.17 bits per heavy atom. The standard InChI is InChI=1S/C29H30F3N9/c1-15-19(5-6-24(30)37-15)27(22-13-41(40-39-22)23-9-20(23)28(31)32)38-18-7-16(10-33)25-21(8-18)26(17(11-34)12-35-25)36-14-29(2,3)4/h5-8,12-13,20,23,27-28,38-40H,9,14H2,1-4H3,(H,35,36)/t20?,23-,27+/m1/s1. The highest BCUT2D eigenvalue weighted by Crippen LogP contribution is 2.42. The molecule has 212 valence electrons. The van der Waals surface area contributed by atoms with Crippen molar-refractivity contribution < 1.29 is 13.2 Å². The smallest absolute Gasteiger partial charge is 0.243 e. The van der Waals surface area contributed by atoms with Crippen molar-refractivity contribution in [1.82, 2.24) is 25.9 Å². The third-order valence-electron chi connectivity index (χ3n) is 7.13. The first-order valence-corrected chi connectivity index (χ1v) is 13.2. The van der Waals surface area contributed by atoms with Crippen LogP contribution in [0.5, 0.6) is 0 Å². The van der Waals surface area contributed by atoms with Gasteiger partial charge in [0.25, 0.3) is 0 Å². The third kappa shape index (κ3) is 5.83. The normalized spacial score (nSPS) is 18.9. The Kier molecular flexibility index (Phi) is 7.37. The van der Waals surface area contributed by atoms with Gasteiger partial charge >= 0.3 is 0 Å². The molecule has 3 heterocycles. The van der Waals surface area contributed by atoms with Gasteiger partial charge in [0.2, 0.25) is 12.4 Å². The van der Waals surface area contributed by atoms with Gasteiger partial charge in [-0.25, -0.2) is 13.8 Å². The molecule has 2 aromatic heterocycles. The van der Waals surface area contributed by atoms with Gasteiger partial charge in [0, 0.05) is 47.2 Å². The van der Waals surface area contributed by atoms with E-state index in [2.05, 4.69) is 64.5 Å². The van der Waals surface area contributed by atoms with Crippen LogP contribution in [-0.2, 0) is 0 Å².